The van der Waals surface area contributed by atoms with Gasteiger partial charge in [0.1, 0.15) is 5.82 Å². The van der Waals surface area contributed by atoms with Crippen molar-refractivity contribution in [1.29, 1.82) is 5.26 Å². The average Bonchev–Trinajstić information content (AvgIpc) is 3.31. The van der Waals surface area contributed by atoms with Gasteiger partial charge >= 0.3 is 0 Å². The van der Waals surface area contributed by atoms with Crippen LogP contribution in [0.15, 0.2) is 33.1 Å². The van der Waals surface area contributed by atoms with Gasteiger partial charge in [-0.15, -0.1) is 21.5 Å². The predicted octanol–water partition coefficient (Wildman–Crippen LogP) is 5.02. The molecule has 0 saturated heterocycles. The standard InChI is InChI=1S/C21H23N5OS3/c1-4-8-28-21-25-24-20(30-21)26-15-6-5-7-16(27)18(15)17(14(10-22)19(26)23)13-9-11(2)29-12(13)3/h9,17H,4-8,23H2,1-3H3. The van der Waals surface area contributed by atoms with Crippen LogP contribution < -0.4 is 10.6 Å². The Morgan fingerprint density at radius 1 is 1.33 bits per heavy atom. The highest BCUT2D eigenvalue weighted by Crippen LogP contribution is 2.48. The van der Waals surface area contributed by atoms with Gasteiger partial charge in [0.15, 0.2) is 10.1 Å². The van der Waals surface area contributed by atoms with E-state index in [2.05, 4.69) is 29.3 Å². The molecule has 0 amide bonds. The summed E-state index contributed by atoms with van der Waals surface area (Å²) in [5.41, 5.74) is 9.59. The topological polar surface area (TPSA) is 95.9 Å². The van der Waals surface area contributed by atoms with Gasteiger partial charge in [0, 0.05) is 33.2 Å². The first-order chi connectivity index (χ1) is 14.5. The molecular weight excluding hydrogens is 434 g/mol. The van der Waals surface area contributed by atoms with Crippen molar-refractivity contribution in [3.63, 3.8) is 0 Å². The number of allylic oxidation sites excluding steroid dienone is 3. The Hall–Kier alpha value is -2.15. The lowest BCUT2D eigenvalue weighted by atomic mass is 9.76. The van der Waals surface area contributed by atoms with E-state index in [1.165, 1.54) is 11.3 Å². The lowest BCUT2D eigenvalue weighted by Gasteiger charge is -2.38. The quantitative estimate of drug-likeness (QED) is 0.630. The molecule has 0 spiro atoms. The Kier molecular flexibility index (Phi) is 6.00. The van der Waals surface area contributed by atoms with E-state index in [1.807, 2.05) is 18.7 Å². The fraction of sp³-hybridized carbons (Fsp3) is 0.429. The first-order valence-electron chi connectivity index (χ1n) is 9.95. The van der Waals surface area contributed by atoms with Gasteiger partial charge in [-0.3, -0.25) is 9.69 Å². The molecule has 0 fully saturated rings. The number of aryl methyl sites for hydroxylation is 2. The Balaban J connectivity index is 1.88. The van der Waals surface area contributed by atoms with E-state index in [0.717, 1.165) is 50.4 Å². The number of hydrogen-bond acceptors (Lipinski definition) is 9. The smallest absolute Gasteiger partial charge is 0.219 e. The molecule has 2 aliphatic rings. The molecule has 3 heterocycles. The SMILES string of the molecule is CCCSc1nnc(N2C(N)=C(C#N)C(c3cc(C)sc3C)C3=C2CCCC3=O)s1. The minimum absolute atomic E-state index is 0.0971. The van der Waals surface area contributed by atoms with E-state index in [0.29, 0.717) is 28.5 Å². The number of carbonyl (C=O) groups excluding carboxylic acids is 1. The van der Waals surface area contributed by atoms with Crippen LogP contribution in [0.5, 0.6) is 0 Å². The van der Waals surface area contributed by atoms with Crippen molar-refractivity contribution in [3.05, 3.63) is 44.0 Å². The molecule has 1 aliphatic heterocycles. The number of anilines is 1. The maximum absolute atomic E-state index is 13.1. The second-order valence-corrected chi connectivity index (χ2v) is 11.1. The Bertz CT molecular complexity index is 1100. The molecule has 156 valence electrons. The van der Waals surface area contributed by atoms with Crippen LogP contribution in [0.3, 0.4) is 0 Å². The number of rotatable bonds is 5. The van der Waals surface area contributed by atoms with Crippen LogP contribution in [-0.4, -0.2) is 21.7 Å². The Morgan fingerprint density at radius 2 is 2.13 bits per heavy atom. The van der Waals surface area contributed by atoms with E-state index >= 15 is 0 Å². The first-order valence-corrected chi connectivity index (χ1v) is 12.6. The van der Waals surface area contributed by atoms with Crippen LogP contribution in [0.2, 0.25) is 0 Å². The van der Waals surface area contributed by atoms with E-state index in [9.17, 15) is 10.1 Å². The summed E-state index contributed by atoms with van der Waals surface area (Å²) in [6, 6.07) is 4.40. The van der Waals surface area contributed by atoms with Gasteiger partial charge in [0.05, 0.1) is 17.6 Å². The van der Waals surface area contributed by atoms with E-state index < -0.39 is 5.92 Å². The van der Waals surface area contributed by atoms with E-state index in [1.54, 1.807) is 23.1 Å². The molecule has 0 saturated carbocycles. The number of nitrogens with two attached hydrogens (primary N) is 1. The molecule has 6 nitrogen and oxygen atoms in total. The Morgan fingerprint density at radius 3 is 2.80 bits per heavy atom. The van der Waals surface area contributed by atoms with Crippen molar-refractivity contribution in [2.24, 2.45) is 5.73 Å². The summed E-state index contributed by atoms with van der Waals surface area (Å²) in [6.45, 7) is 6.21. The highest BCUT2D eigenvalue weighted by Gasteiger charge is 2.42. The number of nitriles is 1. The van der Waals surface area contributed by atoms with Gasteiger partial charge in [-0.1, -0.05) is 30.0 Å². The van der Waals surface area contributed by atoms with Gasteiger partial charge in [0.25, 0.3) is 0 Å². The molecular formula is C21H23N5OS3. The second kappa shape index (κ2) is 8.53. The van der Waals surface area contributed by atoms with Crippen molar-refractivity contribution in [1.82, 2.24) is 10.2 Å². The summed E-state index contributed by atoms with van der Waals surface area (Å²) in [6.07, 6.45) is 3.05. The van der Waals surface area contributed by atoms with Gasteiger partial charge < -0.3 is 5.73 Å². The molecule has 1 aliphatic carbocycles. The molecule has 0 aromatic carbocycles. The van der Waals surface area contributed by atoms with Crippen LogP contribution >= 0.6 is 34.4 Å². The number of nitrogens with zero attached hydrogens (tertiary/aromatic N) is 4. The normalized spacial score (nSPS) is 19.3. The highest BCUT2D eigenvalue weighted by atomic mass is 32.2. The summed E-state index contributed by atoms with van der Waals surface area (Å²) in [4.78, 5) is 17.2. The summed E-state index contributed by atoms with van der Waals surface area (Å²) in [5, 5.41) is 19.3. The largest absolute Gasteiger partial charge is 0.384 e. The van der Waals surface area contributed by atoms with Crippen LogP contribution in [0.4, 0.5) is 5.13 Å². The number of thiophene rings is 1. The number of hydrogen-bond donors (Lipinski definition) is 1. The predicted molar refractivity (Wildman–Crippen MR) is 123 cm³/mol. The molecule has 2 N–H and O–H groups in total. The lowest BCUT2D eigenvalue weighted by Crippen LogP contribution is -2.38. The molecule has 4 rings (SSSR count). The fourth-order valence-electron chi connectivity index (χ4n) is 4.09. The number of carbonyl (C=O) groups is 1. The minimum Gasteiger partial charge on any atom is -0.384 e. The van der Waals surface area contributed by atoms with Gasteiger partial charge in [0.2, 0.25) is 5.13 Å². The van der Waals surface area contributed by atoms with Crippen molar-refractivity contribution in [2.45, 2.75) is 56.7 Å². The molecule has 0 bridgehead atoms. The lowest BCUT2D eigenvalue weighted by molar-refractivity contribution is -0.116. The number of Topliss-reactive ketones (excluding diaryl/α,β-unsaturated/α-hetero) is 1. The number of ketones is 1. The van der Waals surface area contributed by atoms with Crippen LogP contribution in [0.1, 0.15) is 53.8 Å². The zero-order valence-electron chi connectivity index (χ0n) is 17.2. The summed E-state index contributed by atoms with van der Waals surface area (Å²) in [7, 11) is 0. The molecule has 1 atom stereocenters. The molecule has 2 aromatic rings. The Labute approximate surface area is 188 Å². The van der Waals surface area contributed by atoms with Gasteiger partial charge in [-0.25, -0.2) is 0 Å². The second-order valence-electron chi connectivity index (χ2n) is 7.38. The molecule has 9 heteroatoms. The zero-order chi connectivity index (χ0) is 21.4. The third-order valence-corrected chi connectivity index (χ3v) is 8.55. The third-order valence-electron chi connectivity index (χ3n) is 5.32. The number of aromatic nitrogens is 2. The number of thioether (sulfide) groups is 1. The minimum atomic E-state index is -0.402. The summed E-state index contributed by atoms with van der Waals surface area (Å²) >= 11 is 4.80. The molecule has 2 aromatic heterocycles. The highest BCUT2D eigenvalue weighted by molar-refractivity contribution is 8.01. The van der Waals surface area contributed by atoms with Gasteiger partial charge in [-0.05, 0) is 44.7 Å². The van der Waals surface area contributed by atoms with Crippen molar-refractivity contribution in [3.8, 4) is 6.07 Å². The van der Waals surface area contributed by atoms with Crippen LogP contribution in [0.25, 0.3) is 0 Å². The maximum Gasteiger partial charge on any atom is 0.219 e. The van der Waals surface area contributed by atoms with E-state index in [4.69, 9.17) is 5.73 Å². The van der Waals surface area contributed by atoms with Crippen molar-refractivity contribution in [2.75, 3.05) is 10.7 Å². The first kappa shape index (κ1) is 21.1. The average molecular weight is 458 g/mol. The van der Waals surface area contributed by atoms with E-state index in [-0.39, 0.29) is 5.78 Å². The van der Waals surface area contributed by atoms with Gasteiger partial charge in [-0.2, -0.15) is 5.26 Å². The zero-order valence-corrected chi connectivity index (χ0v) is 19.6. The van der Waals surface area contributed by atoms with Crippen molar-refractivity contribution < 1.29 is 4.79 Å². The molecule has 30 heavy (non-hydrogen) atoms. The fourth-order valence-corrected chi connectivity index (χ4v) is 6.86. The van der Waals surface area contributed by atoms with Crippen molar-refractivity contribution >= 4 is 45.4 Å². The third kappa shape index (κ3) is 3.57. The molecule has 1 unspecified atom stereocenters. The van der Waals surface area contributed by atoms with Crippen LogP contribution in [0, 0.1) is 25.2 Å². The monoisotopic (exact) mass is 457 g/mol. The summed E-state index contributed by atoms with van der Waals surface area (Å²) < 4.78 is 0.869. The van der Waals surface area contributed by atoms with Crippen LogP contribution in [-0.2, 0) is 4.79 Å². The molecule has 0 radical (unpaired) electrons. The summed E-state index contributed by atoms with van der Waals surface area (Å²) in [5.74, 6) is 1.03. The maximum atomic E-state index is 13.1.